The van der Waals surface area contributed by atoms with Crippen molar-refractivity contribution in [1.82, 2.24) is 9.97 Å². The minimum Gasteiger partial charge on any atom is -0.436 e. The van der Waals surface area contributed by atoms with Gasteiger partial charge in [0.2, 0.25) is 11.8 Å². The SMILES string of the molecule is CC(=O)Nc1ccc(-c2ncc(-c3cccnc3)o2)cc1. The summed E-state index contributed by atoms with van der Waals surface area (Å²) in [4.78, 5) is 19.3. The summed E-state index contributed by atoms with van der Waals surface area (Å²) in [5, 5.41) is 2.72. The molecule has 104 valence electrons. The number of nitrogens with zero attached hydrogens (tertiary/aromatic N) is 2. The van der Waals surface area contributed by atoms with E-state index in [-0.39, 0.29) is 5.91 Å². The second-order valence-electron chi connectivity index (χ2n) is 4.53. The first-order valence-electron chi connectivity index (χ1n) is 6.46. The third-order valence-corrected chi connectivity index (χ3v) is 2.90. The molecule has 0 aliphatic heterocycles. The lowest BCUT2D eigenvalue weighted by atomic mass is 10.2. The number of oxazole rings is 1. The van der Waals surface area contributed by atoms with Gasteiger partial charge in [0.05, 0.1) is 6.20 Å². The lowest BCUT2D eigenvalue weighted by Gasteiger charge is -2.02. The molecule has 0 radical (unpaired) electrons. The van der Waals surface area contributed by atoms with Crippen LogP contribution in [-0.4, -0.2) is 15.9 Å². The summed E-state index contributed by atoms with van der Waals surface area (Å²) in [6.45, 7) is 1.47. The lowest BCUT2D eigenvalue weighted by molar-refractivity contribution is -0.114. The van der Waals surface area contributed by atoms with Gasteiger partial charge in [0.15, 0.2) is 5.76 Å². The second kappa shape index (κ2) is 5.58. The number of hydrogen-bond acceptors (Lipinski definition) is 4. The van der Waals surface area contributed by atoms with Gasteiger partial charge in [-0.15, -0.1) is 0 Å². The Morgan fingerprint density at radius 1 is 1.10 bits per heavy atom. The molecule has 0 atom stereocenters. The molecule has 0 fully saturated rings. The Balaban J connectivity index is 1.85. The highest BCUT2D eigenvalue weighted by atomic mass is 16.4. The summed E-state index contributed by atoms with van der Waals surface area (Å²) in [5.74, 6) is 1.10. The zero-order chi connectivity index (χ0) is 14.7. The molecule has 0 aliphatic carbocycles. The molecule has 0 spiro atoms. The maximum Gasteiger partial charge on any atom is 0.226 e. The largest absolute Gasteiger partial charge is 0.436 e. The predicted octanol–water partition coefficient (Wildman–Crippen LogP) is 3.36. The summed E-state index contributed by atoms with van der Waals surface area (Å²) in [6, 6.07) is 11.1. The zero-order valence-electron chi connectivity index (χ0n) is 11.4. The molecule has 2 aromatic heterocycles. The first-order chi connectivity index (χ1) is 10.2. The number of anilines is 1. The molecule has 0 saturated carbocycles. The van der Waals surface area contributed by atoms with Crippen LogP contribution in [0.2, 0.25) is 0 Å². The van der Waals surface area contributed by atoms with Crippen molar-refractivity contribution in [3.63, 3.8) is 0 Å². The first kappa shape index (κ1) is 13.1. The van der Waals surface area contributed by atoms with E-state index >= 15 is 0 Å². The van der Waals surface area contributed by atoms with E-state index in [1.54, 1.807) is 18.6 Å². The number of rotatable bonds is 3. The molecule has 21 heavy (non-hydrogen) atoms. The Bertz CT molecular complexity index is 749. The number of pyridine rings is 1. The van der Waals surface area contributed by atoms with Crippen LogP contribution in [0.4, 0.5) is 5.69 Å². The molecule has 3 aromatic rings. The van der Waals surface area contributed by atoms with Crippen LogP contribution in [0.1, 0.15) is 6.92 Å². The molecule has 3 rings (SSSR count). The van der Waals surface area contributed by atoms with Crippen molar-refractivity contribution in [3.05, 3.63) is 55.0 Å². The van der Waals surface area contributed by atoms with Crippen LogP contribution in [0, 0.1) is 0 Å². The summed E-state index contributed by atoms with van der Waals surface area (Å²) in [6.07, 6.45) is 5.11. The van der Waals surface area contributed by atoms with E-state index in [0.29, 0.717) is 11.7 Å². The molecule has 1 aromatic carbocycles. The average Bonchev–Trinajstić information content (AvgIpc) is 2.98. The quantitative estimate of drug-likeness (QED) is 0.798. The lowest BCUT2D eigenvalue weighted by Crippen LogP contribution is -2.05. The van der Waals surface area contributed by atoms with E-state index in [9.17, 15) is 4.79 Å². The van der Waals surface area contributed by atoms with Gasteiger partial charge in [-0.3, -0.25) is 9.78 Å². The maximum absolute atomic E-state index is 11.0. The topological polar surface area (TPSA) is 68.0 Å². The van der Waals surface area contributed by atoms with Crippen LogP contribution >= 0.6 is 0 Å². The molecule has 0 saturated heterocycles. The summed E-state index contributed by atoms with van der Waals surface area (Å²) in [5.41, 5.74) is 2.47. The molecule has 5 nitrogen and oxygen atoms in total. The number of benzene rings is 1. The average molecular weight is 279 g/mol. The Labute approximate surface area is 121 Å². The third kappa shape index (κ3) is 2.97. The number of aromatic nitrogens is 2. The fourth-order valence-corrected chi connectivity index (χ4v) is 1.95. The maximum atomic E-state index is 11.0. The van der Waals surface area contributed by atoms with Gasteiger partial charge in [-0.05, 0) is 36.4 Å². The van der Waals surface area contributed by atoms with E-state index < -0.39 is 0 Å². The van der Waals surface area contributed by atoms with Crippen molar-refractivity contribution in [2.75, 3.05) is 5.32 Å². The number of carbonyl (C=O) groups excluding carboxylic acids is 1. The van der Waals surface area contributed by atoms with Crippen LogP contribution in [-0.2, 0) is 4.79 Å². The van der Waals surface area contributed by atoms with Gasteiger partial charge in [-0.25, -0.2) is 4.98 Å². The van der Waals surface area contributed by atoms with Gasteiger partial charge in [0, 0.05) is 36.1 Å². The second-order valence-corrected chi connectivity index (χ2v) is 4.53. The Kier molecular flexibility index (Phi) is 3.47. The number of hydrogen-bond donors (Lipinski definition) is 1. The third-order valence-electron chi connectivity index (χ3n) is 2.90. The van der Waals surface area contributed by atoms with Crippen LogP contribution in [0.3, 0.4) is 0 Å². The molecule has 0 bridgehead atoms. The monoisotopic (exact) mass is 279 g/mol. The van der Waals surface area contributed by atoms with Gasteiger partial charge >= 0.3 is 0 Å². The summed E-state index contributed by atoms with van der Waals surface area (Å²) < 4.78 is 5.74. The summed E-state index contributed by atoms with van der Waals surface area (Å²) in [7, 11) is 0. The smallest absolute Gasteiger partial charge is 0.226 e. The van der Waals surface area contributed by atoms with E-state index in [1.165, 1.54) is 6.92 Å². The highest BCUT2D eigenvalue weighted by Crippen LogP contribution is 2.26. The number of carbonyl (C=O) groups is 1. The van der Waals surface area contributed by atoms with E-state index in [4.69, 9.17) is 4.42 Å². The van der Waals surface area contributed by atoms with E-state index in [0.717, 1.165) is 16.8 Å². The first-order valence-corrected chi connectivity index (χ1v) is 6.46. The van der Waals surface area contributed by atoms with Gasteiger partial charge in [-0.1, -0.05) is 0 Å². The van der Waals surface area contributed by atoms with Gasteiger partial charge in [0.1, 0.15) is 0 Å². The van der Waals surface area contributed by atoms with Gasteiger partial charge in [0.25, 0.3) is 0 Å². The van der Waals surface area contributed by atoms with E-state index in [1.807, 2.05) is 36.4 Å². The number of nitrogens with one attached hydrogen (secondary N) is 1. The molecule has 2 heterocycles. The normalized spacial score (nSPS) is 10.3. The van der Waals surface area contributed by atoms with Crippen molar-refractivity contribution in [2.24, 2.45) is 0 Å². The number of amides is 1. The van der Waals surface area contributed by atoms with Gasteiger partial charge < -0.3 is 9.73 Å². The highest BCUT2D eigenvalue weighted by molar-refractivity contribution is 5.88. The standard InChI is InChI=1S/C16H13N3O2/c1-11(20)19-14-6-4-12(5-7-14)16-18-10-15(21-16)13-3-2-8-17-9-13/h2-10H,1H3,(H,19,20). The highest BCUT2D eigenvalue weighted by Gasteiger charge is 2.08. The zero-order valence-corrected chi connectivity index (χ0v) is 11.4. The Hall–Kier alpha value is -2.95. The van der Waals surface area contributed by atoms with Crippen LogP contribution in [0.5, 0.6) is 0 Å². The van der Waals surface area contributed by atoms with Crippen molar-refractivity contribution in [1.29, 1.82) is 0 Å². The fourth-order valence-electron chi connectivity index (χ4n) is 1.95. The van der Waals surface area contributed by atoms with Crippen molar-refractivity contribution in [3.8, 4) is 22.8 Å². The molecule has 0 aliphatic rings. The Morgan fingerprint density at radius 3 is 2.57 bits per heavy atom. The van der Waals surface area contributed by atoms with Crippen LogP contribution in [0.25, 0.3) is 22.8 Å². The predicted molar refractivity (Wildman–Crippen MR) is 79.5 cm³/mol. The van der Waals surface area contributed by atoms with E-state index in [2.05, 4.69) is 15.3 Å². The summed E-state index contributed by atoms with van der Waals surface area (Å²) >= 11 is 0. The van der Waals surface area contributed by atoms with Crippen molar-refractivity contribution < 1.29 is 9.21 Å². The molecular formula is C16H13N3O2. The van der Waals surface area contributed by atoms with Crippen molar-refractivity contribution in [2.45, 2.75) is 6.92 Å². The molecular weight excluding hydrogens is 266 g/mol. The van der Waals surface area contributed by atoms with Gasteiger partial charge in [-0.2, -0.15) is 0 Å². The minimum absolute atomic E-state index is 0.0993. The molecule has 1 amide bonds. The minimum atomic E-state index is -0.0993. The van der Waals surface area contributed by atoms with Crippen LogP contribution < -0.4 is 5.32 Å². The molecule has 0 unspecified atom stereocenters. The Morgan fingerprint density at radius 2 is 1.90 bits per heavy atom. The van der Waals surface area contributed by atoms with Crippen LogP contribution in [0.15, 0.2) is 59.4 Å². The fraction of sp³-hybridized carbons (Fsp3) is 0.0625. The molecule has 1 N–H and O–H groups in total. The van der Waals surface area contributed by atoms with Crippen molar-refractivity contribution >= 4 is 11.6 Å². The molecule has 5 heteroatoms.